The number of para-hydroxylation sites is 1. The second kappa shape index (κ2) is 7.70. The summed E-state index contributed by atoms with van der Waals surface area (Å²) in [5.41, 5.74) is 0.956. The number of anilines is 1. The molecule has 0 aliphatic carbocycles. The van der Waals surface area contributed by atoms with Gasteiger partial charge < -0.3 is 10.2 Å². The van der Waals surface area contributed by atoms with E-state index in [0.29, 0.717) is 17.8 Å². The Labute approximate surface area is 160 Å². The zero-order valence-electron chi connectivity index (χ0n) is 15.8. The van der Waals surface area contributed by atoms with Gasteiger partial charge in [-0.2, -0.15) is 0 Å². The molecule has 3 rings (SSSR count). The Morgan fingerprint density at radius 3 is 2.52 bits per heavy atom. The molecule has 0 bridgehead atoms. The van der Waals surface area contributed by atoms with E-state index in [1.54, 1.807) is 41.3 Å². The summed E-state index contributed by atoms with van der Waals surface area (Å²) in [6.45, 7) is 5.37. The van der Waals surface area contributed by atoms with Crippen LogP contribution in [0.3, 0.4) is 0 Å². The zero-order valence-corrected chi connectivity index (χ0v) is 16.6. The van der Waals surface area contributed by atoms with Crippen LogP contribution < -0.4 is 9.62 Å². The molecular formula is C20H25N3O3S. The summed E-state index contributed by atoms with van der Waals surface area (Å²) in [5, 5.41) is 3.34. The van der Waals surface area contributed by atoms with Crippen LogP contribution in [0.15, 0.2) is 59.5 Å². The van der Waals surface area contributed by atoms with Crippen molar-refractivity contribution in [2.24, 2.45) is 0 Å². The highest BCUT2D eigenvalue weighted by Crippen LogP contribution is 2.23. The fourth-order valence-electron chi connectivity index (χ4n) is 3.23. The second-order valence-electron chi connectivity index (χ2n) is 6.82. The van der Waals surface area contributed by atoms with Crippen LogP contribution in [0.4, 0.5) is 5.69 Å². The minimum atomic E-state index is -3.75. The number of nitrogens with zero attached hydrogens (tertiary/aromatic N) is 2. The summed E-state index contributed by atoms with van der Waals surface area (Å²) in [6.07, 6.45) is 0. The molecule has 7 heteroatoms. The average Bonchev–Trinajstić information content (AvgIpc) is 2.69. The molecule has 6 nitrogen and oxygen atoms in total. The van der Waals surface area contributed by atoms with Crippen molar-refractivity contribution in [1.29, 1.82) is 0 Å². The van der Waals surface area contributed by atoms with E-state index < -0.39 is 10.0 Å². The van der Waals surface area contributed by atoms with Gasteiger partial charge in [0.15, 0.2) is 0 Å². The molecule has 1 aliphatic rings. The summed E-state index contributed by atoms with van der Waals surface area (Å²) >= 11 is 0. The van der Waals surface area contributed by atoms with E-state index in [1.165, 1.54) is 23.5 Å². The molecule has 0 aromatic heterocycles. The number of carbonyl (C=O) groups excluding carboxylic acids is 1. The summed E-state index contributed by atoms with van der Waals surface area (Å²) < 4.78 is 27.2. The molecule has 0 radical (unpaired) electrons. The predicted octanol–water partition coefficient (Wildman–Crippen LogP) is 2.33. The minimum Gasteiger partial charge on any atom is -0.333 e. The second-order valence-corrected chi connectivity index (χ2v) is 8.79. The first-order valence-corrected chi connectivity index (χ1v) is 10.4. The van der Waals surface area contributed by atoms with Gasteiger partial charge in [0.2, 0.25) is 0 Å². The first-order valence-electron chi connectivity index (χ1n) is 9.01. The van der Waals surface area contributed by atoms with E-state index in [9.17, 15) is 13.2 Å². The van der Waals surface area contributed by atoms with Gasteiger partial charge in [-0.1, -0.05) is 24.3 Å². The molecule has 2 aromatic rings. The van der Waals surface area contributed by atoms with E-state index in [-0.39, 0.29) is 22.9 Å². The molecule has 144 valence electrons. The maximum atomic E-state index is 13.0. The molecule has 0 saturated carbocycles. The largest absolute Gasteiger partial charge is 0.333 e. The number of piperazine rings is 1. The molecule has 1 heterocycles. The van der Waals surface area contributed by atoms with Crippen molar-refractivity contribution < 1.29 is 13.2 Å². The van der Waals surface area contributed by atoms with Crippen molar-refractivity contribution >= 4 is 21.6 Å². The first kappa shape index (κ1) is 19.4. The lowest BCUT2D eigenvalue weighted by Crippen LogP contribution is -2.57. The molecule has 2 atom stereocenters. The Morgan fingerprint density at radius 1 is 1.11 bits per heavy atom. The van der Waals surface area contributed by atoms with Crippen LogP contribution in [-0.4, -0.2) is 51.4 Å². The number of amides is 1. The minimum absolute atomic E-state index is 0.0403. The van der Waals surface area contributed by atoms with Crippen molar-refractivity contribution in [3.63, 3.8) is 0 Å². The Balaban J connectivity index is 1.90. The smallest absolute Gasteiger partial charge is 0.264 e. The fraction of sp³-hybridized carbons (Fsp3) is 0.350. The lowest BCUT2D eigenvalue weighted by molar-refractivity contribution is 0.0602. The highest BCUT2D eigenvalue weighted by molar-refractivity contribution is 7.92. The van der Waals surface area contributed by atoms with Crippen LogP contribution in [0.2, 0.25) is 0 Å². The predicted molar refractivity (Wildman–Crippen MR) is 106 cm³/mol. The lowest BCUT2D eigenvalue weighted by atomic mass is 10.1. The monoisotopic (exact) mass is 387 g/mol. The standard InChI is InChI=1S/C20H25N3O3S/c1-15-16(2)23(13-12-21-15)20(24)17-8-7-11-19(14-17)27(25,26)22(3)18-9-5-4-6-10-18/h4-11,14-16,21H,12-13H2,1-3H3. The molecule has 1 saturated heterocycles. The van der Waals surface area contributed by atoms with Crippen molar-refractivity contribution in [2.45, 2.75) is 30.8 Å². The molecule has 2 aromatic carbocycles. The average molecular weight is 388 g/mol. The molecule has 1 N–H and O–H groups in total. The Kier molecular flexibility index (Phi) is 5.53. The number of benzene rings is 2. The SMILES string of the molecule is CC1NCCN(C(=O)c2cccc(S(=O)(=O)N(C)c3ccccc3)c2)C1C. The normalized spacial score (nSPS) is 20.3. The topological polar surface area (TPSA) is 69.7 Å². The van der Waals surface area contributed by atoms with E-state index in [4.69, 9.17) is 0 Å². The number of sulfonamides is 1. The number of rotatable bonds is 4. The van der Waals surface area contributed by atoms with Crippen LogP contribution in [0.5, 0.6) is 0 Å². The fourth-order valence-corrected chi connectivity index (χ4v) is 4.48. The quantitative estimate of drug-likeness (QED) is 0.874. The van der Waals surface area contributed by atoms with Gasteiger partial charge in [0.05, 0.1) is 10.6 Å². The molecule has 1 aliphatic heterocycles. The van der Waals surface area contributed by atoms with Crippen molar-refractivity contribution in [2.75, 3.05) is 24.4 Å². The Morgan fingerprint density at radius 2 is 1.81 bits per heavy atom. The molecule has 1 fully saturated rings. The van der Waals surface area contributed by atoms with Crippen LogP contribution in [0.25, 0.3) is 0 Å². The van der Waals surface area contributed by atoms with Gasteiger partial charge in [0, 0.05) is 37.8 Å². The summed E-state index contributed by atoms with van der Waals surface area (Å²) in [4.78, 5) is 14.9. The van der Waals surface area contributed by atoms with Crippen molar-refractivity contribution in [3.8, 4) is 0 Å². The molecule has 0 spiro atoms. The highest BCUT2D eigenvalue weighted by atomic mass is 32.2. The zero-order chi connectivity index (χ0) is 19.6. The van der Waals surface area contributed by atoms with E-state index >= 15 is 0 Å². The number of carbonyl (C=O) groups is 1. The molecule has 1 amide bonds. The Bertz CT molecular complexity index is 915. The van der Waals surface area contributed by atoms with Crippen molar-refractivity contribution in [3.05, 3.63) is 60.2 Å². The van der Waals surface area contributed by atoms with E-state index in [1.807, 2.05) is 19.9 Å². The third-order valence-electron chi connectivity index (χ3n) is 5.15. The number of nitrogens with one attached hydrogen (secondary N) is 1. The van der Waals surface area contributed by atoms with E-state index in [0.717, 1.165) is 6.54 Å². The number of hydrogen-bond donors (Lipinski definition) is 1. The summed E-state index contributed by atoms with van der Waals surface area (Å²) in [5.74, 6) is -0.143. The van der Waals surface area contributed by atoms with E-state index in [2.05, 4.69) is 5.32 Å². The van der Waals surface area contributed by atoms with Gasteiger partial charge in [0.1, 0.15) is 0 Å². The summed E-state index contributed by atoms with van der Waals surface area (Å²) in [6, 6.07) is 15.4. The summed E-state index contributed by atoms with van der Waals surface area (Å²) in [7, 11) is -2.24. The number of hydrogen-bond acceptors (Lipinski definition) is 4. The van der Waals surface area contributed by atoms with Gasteiger partial charge in [-0.25, -0.2) is 8.42 Å². The van der Waals surface area contributed by atoms with Crippen LogP contribution in [0.1, 0.15) is 24.2 Å². The first-order chi connectivity index (χ1) is 12.8. The van der Waals surface area contributed by atoms with Crippen molar-refractivity contribution in [1.82, 2.24) is 10.2 Å². The third kappa shape index (κ3) is 3.84. The molecular weight excluding hydrogens is 362 g/mol. The highest BCUT2D eigenvalue weighted by Gasteiger charge is 2.30. The Hall–Kier alpha value is -2.38. The molecule has 27 heavy (non-hydrogen) atoms. The van der Waals surface area contributed by atoms with Crippen LogP contribution in [0, 0.1) is 0 Å². The van der Waals surface area contributed by atoms with Crippen LogP contribution >= 0.6 is 0 Å². The molecule has 2 unspecified atom stereocenters. The maximum Gasteiger partial charge on any atom is 0.264 e. The van der Waals surface area contributed by atoms with Gasteiger partial charge in [-0.15, -0.1) is 0 Å². The third-order valence-corrected chi connectivity index (χ3v) is 6.94. The van der Waals surface area contributed by atoms with Gasteiger partial charge in [-0.05, 0) is 44.2 Å². The van der Waals surface area contributed by atoms with Gasteiger partial charge >= 0.3 is 0 Å². The lowest BCUT2D eigenvalue weighted by Gasteiger charge is -2.38. The maximum absolute atomic E-state index is 13.0. The van der Waals surface area contributed by atoms with Gasteiger partial charge in [-0.3, -0.25) is 9.10 Å². The van der Waals surface area contributed by atoms with Crippen LogP contribution in [-0.2, 0) is 10.0 Å². The van der Waals surface area contributed by atoms with Gasteiger partial charge in [0.25, 0.3) is 15.9 Å².